The Morgan fingerprint density at radius 3 is 2.58 bits per heavy atom. The second-order valence-corrected chi connectivity index (χ2v) is 11.7. The third-order valence-electron chi connectivity index (χ3n) is 6.73. The summed E-state index contributed by atoms with van der Waals surface area (Å²) in [6, 6.07) is 15.4. The van der Waals surface area contributed by atoms with Gasteiger partial charge in [0.05, 0.1) is 36.1 Å². The summed E-state index contributed by atoms with van der Waals surface area (Å²) in [4.78, 5) is 20.3. The number of aromatic nitrogens is 1. The highest BCUT2D eigenvalue weighted by molar-refractivity contribution is 9.10. The van der Waals surface area contributed by atoms with Crippen LogP contribution in [0.3, 0.4) is 0 Å². The number of aliphatic hydroxyl groups excluding tert-OH is 1. The van der Waals surface area contributed by atoms with E-state index in [1.807, 2.05) is 19.9 Å². The van der Waals surface area contributed by atoms with E-state index in [0.717, 1.165) is 59.1 Å². The van der Waals surface area contributed by atoms with Gasteiger partial charge in [-0.1, -0.05) is 23.4 Å². The Kier molecular flexibility index (Phi) is 8.75. The van der Waals surface area contributed by atoms with Crippen molar-refractivity contribution in [2.75, 3.05) is 37.8 Å². The van der Waals surface area contributed by atoms with Crippen LogP contribution in [0.4, 0.5) is 11.4 Å². The van der Waals surface area contributed by atoms with Gasteiger partial charge in [-0.3, -0.25) is 0 Å². The Labute approximate surface area is 251 Å². The van der Waals surface area contributed by atoms with Gasteiger partial charge in [-0.2, -0.15) is 0 Å². The standard InChI is InChI=1S/C30H29BrClN3O4S/c1-4-39-30(37)27-28(36)26(40-29(27)33-22-7-5-21(32)6-8-22)16-20-15-18(2)35(19(20)3)23-9-10-25(24(31)17-23)34-11-13-38-14-12-34/h5-10,15-17,36H,4,11-14H2,1-3H3/b26-16-,33-29?. The SMILES string of the molecule is CCOC(=O)C1=C(O)/C(=C/c2cc(C)n(-c3ccc(N4CCOCC4)c(Br)c3)c2C)SC1=Nc1ccc(Cl)cc1. The lowest BCUT2D eigenvalue weighted by molar-refractivity contribution is -0.138. The highest BCUT2D eigenvalue weighted by atomic mass is 79.9. The molecule has 208 valence electrons. The van der Waals surface area contributed by atoms with Crippen molar-refractivity contribution < 1.29 is 19.4 Å². The molecule has 0 radical (unpaired) electrons. The maximum Gasteiger partial charge on any atom is 0.344 e. The van der Waals surface area contributed by atoms with Crippen LogP contribution in [0.2, 0.25) is 5.02 Å². The zero-order valence-corrected chi connectivity index (χ0v) is 25.6. The molecule has 10 heteroatoms. The predicted molar refractivity (Wildman–Crippen MR) is 166 cm³/mol. The first-order valence-electron chi connectivity index (χ1n) is 12.9. The normalized spacial score (nSPS) is 17.8. The molecule has 3 aromatic rings. The summed E-state index contributed by atoms with van der Waals surface area (Å²) in [5, 5.41) is 12.1. The number of ether oxygens (including phenoxy) is 2. The Balaban J connectivity index is 1.49. The first-order valence-corrected chi connectivity index (χ1v) is 14.9. The summed E-state index contributed by atoms with van der Waals surface area (Å²) < 4.78 is 13.9. The Morgan fingerprint density at radius 2 is 1.90 bits per heavy atom. The predicted octanol–water partition coefficient (Wildman–Crippen LogP) is 7.54. The number of thioether (sulfide) groups is 1. The molecule has 1 fully saturated rings. The Hall–Kier alpha value is -2.98. The van der Waals surface area contributed by atoms with Crippen LogP contribution < -0.4 is 4.90 Å². The summed E-state index contributed by atoms with van der Waals surface area (Å²) in [6.45, 7) is 9.19. The number of nitrogens with zero attached hydrogens (tertiary/aromatic N) is 3. The second-order valence-electron chi connectivity index (χ2n) is 9.35. The van der Waals surface area contributed by atoms with Crippen molar-refractivity contribution in [3.63, 3.8) is 0 Å². The minimum Gasteiger partial charge on any atom is -0.506 e. The summed E-state index contributed by atoms with van der Waals surface area (Å²) in [5.74, 6) is -0.752. The maximum atomic E-state index is 12.8. The molecule has 1 aromatic heterocycles. The van der Waals surface area contributed by atoms with Gasteiger partial charge in [-0.25, -0.2) is 9.79 Å². The second kappa shape index (κ2) is 12.3. The fraction of sp³-hybridized carbons (Fsp3) is 0.267. The van der Waals surface area contributed by atoms with Gasteiger partial charge >= 0.3 is 5.97 Å². The van der Waals surface area contributed by atoms with Crippen molar-refractivity contribution >= 4 is 67.8 Å². The van der Waals surface area contributed by atoms with Crippen LogP contribution in [0.1, 0.15) is 23.9 Å². The van der Waals surface area contributed by atoms with Gasteiger partial charge in [-0.05, 0) is 96.9 Å². The number of aryl methyl sites for hydroxylation is 1. The minimum absolute atomic E-state index is 0.0597. The highest BCUT2D eigenvalue weighted by Gasteiger charge is 2.33. The number of aliphatic imine (C=N–C) groups is 1. The zero-order chi connectivity index (χ0) is 28.4. The molecule has 5 rings (SSSR count). The van der Waals surface area contributed by atoms with Gasteiger partial charge < -0.3 is 24.0 Å². The van der Waals surface area contributed by atoms with E-state index in [2.05, 4.69) is 54.7 Å². The van der Waals surface area contributed by atoms with Crippen LogP contribution in [0.15, 0.2) is 74.2 Å². The Morgan fingerprint density at radius 1 is 1.18 bits per heavy atom. The third-order valence-corrected chi connectivity index (χ3v) is 8.63. The molecule has 1 saturated heterocycles. The summed E-state index contributed by atoms with van der Waals surface area (Å²) in [6.07, 6.45) is 1.89. The lowest BCUT2D eigenvalue weighted by Crippen LogP contribution is -2.36. The number of carbonyl (C=O) groups excluding carboxylic acids is 1. The lowest BCUT2D eigenvalue weighted by atomic mass is 10.1. The number of benzene rings is 2. The molecule has 0 unspecified atom stereocenters. The highest BCUT2D eigenvalue weighted by Crippen LogP contribution is 2.41. The molecule has 0 saturated carbocycles. The average Bonchev–Trinajstić information content (AvgIpc) is 3.39. The number of esters is 1. The molecule has 0 spiro atoms. The first-order chi connectivity index (χ1) is 19.3. The Bertz CT molecular complexity index is 1540. The fourth-order valence-electron chi connectivity index (χ4n) is 4.79. The van der Waals surface area contributed by atoms with Gasteiger partial charge in [-0.15, -0.1) is 0 Å². The van der Waals surface area contributed by atoms with E-state index in [-0.39, 0.29) is 17.9 Å². The summed E-state index contributed by atoms with van der Waals surface area (Å²) in [7, 11) is 0. The first kappa shape index (κ1) is 28.5. The van der Waals surface area contributed by atoms with Crippen molar-refractivity contribution in [2.45, 2.75) is 20.8 Å². The number of morpholine rings is 1. The average molecular weight is 643 g/mol. The van der Waals surface area contributed by atoms with E-state index in [9.17, 15) is 9.90 Å². The fourth-order valence-corrected chi connectivity index (χ4v) is 6.56. The van der Waals surface area contributed by atoms with Crippen molar-refractivity contribution in [1.82, 2.24) is 4.57 Å². The monoisotopic (exact) mass is 641 g/mol. The molecular weight excluding hydrogens is 614 g/mol. The number of halogens is 2. The van der Waals surface area contributed by atoms with Crippen molar-refractivity contribution in [1.29, 1.82) is 0 Å². The molecule has 2 aromatic carbocycles. The van der Waals surface area contributed by atoms with E-state index in [1.165, 1.54) is 11.8 Å². The number of hydrogen-bond acceptors (Lipinski definition) is 7. The lowest BCUT2D eigenvalue weighted by Gasteiger charge is -2.30. The van der Waals surface area contributed by atoms with Crippen LogP contribution in [-0.2, 0) is 14.3 Å². The van der Waals surface area contributed by atoms with Crippen molar-refractivity contribution in [2.24, 2.45) is 4.99 Å². The minimum atomic E-state index is -0.612. The van der Waals surface area contributed by atoms with Gasteiger partial charge in [0.1, 0.15) is 16.4 Å². The largest absolute Gasteiger partial charge is 0.506 e. The van der Waals surface area contributed by atoms with Gasteiger partial charge in [0.2, 0.25) is 0 Å². The van der Waals surface area contributed by atoms with E-state index < -0.39 is 5.97 Å². The van der Waals surface area contributed by atoms with Crippen molar-refractivity contribution in [3.05, 3.63) is 91.2 Å². The number of carbonyl (C=O) groups is 1. The van der Waals surface area contributed by atoms with Crippen molar-refractivity contribution in [3.8, 4) is 5.69 Å². The van der Waals surface area contributed by atoms with Crippen LogP contribution in [0, 0.1) is 13.8 Å². The maximum absolute atomic E-state index is 12.8. The van der Waals surface area contributed by atoms with E-state index in [0.29, 0.717) is 20.7 Å². The zero-order valence-electron chi connectivity index (χ0n) is 22.4. The van der Waals surface area contributed by atoms with Crippen LogP contribution >= 0.6 is 39.3 Å². The number of anilines is 1. The molecule has 0 bridgehead atoms. The topological polar surface area (TPSA) is 76.3 Å². The van der Waals surface area contributed by atoms with Crippen LogP contribution in [0.5, 0.6) is 0 Å². The van der Waals surface area contributed by atoms with Crippen LogP contribution in [-0.4, -0.2) is 53.6 Å². The van der Waals surface area contributed by atoms with Crippen LogP contribution in [0.25, 0.3) is 11.8 Å². The third kappa shape index (κ3) is 5.88. The summed E-state index contributed by atoms with van der Waals surface area (Å²) in [5.41, 5.74) is 5.83. The molecule has 0 aliphatic carbocycles. The molecule has 40 heavy (non-hydrogen) atoms. The molecule has 3 heterocycles. The van der Waals surface area contributed by atoms with E-state index >= 15 is 0 Å². The van der Waals surface area contributed by atoms with Gasteiger partial charge in [0.15, 0.2) is 0 Å². The molecular formula is C30H29BrClN3O4S. The number of aliphatic hydroxyl groups is 1. The number of rotatable bonds is 6. The molecule has 7 nitrogen and oxygen atoms in total. The molecule has 0 atom stereocenters. The van der Waals surface area contributed by atoms with Gasteiger partial charge in [0.25, 0.3) is 0 Å². The quantitative estimate of drug-likeness (QED) is 0.280. The van der Waals surface area contributed by atoms with E-state index in [1.54, 1.807) is 31.2 Å². The molecule has 2 aliphatic heterocycles. The molecule has 0 amide bonds. The van der Waals surface area contributed by atoms with E-state index in [4.69, 9.17) is 21.1 Å². The smallest absolute Gasteiger partial charge is 0.344 e. The summed E-state index contributed by atoms with van der Waals surface area (Å²) >= 11 is 11.0. The van der Waals surface area contributed by atoms with Gasteiger partial charge in [0, 0.05) is 39.7 Å². The number of hydrogen-bond donors (Lipinski definition) is 1. The molecule has 1 N–H and O–H groups in total. The molecule has 2 aliphatic rings.